The minimum Gasteiger partial charge on any atom is -0.481 e. The van der Waals surface area contributed by atoms with Crippen molar-refractivity contribution in [1.29, 1.82) is 0 Å². The molecule has 154 valence electrons. The second-order valence-electron chi connectivity index (χ2n) is 6.31. The molecule has 0 bridgehead atoms. The predicted molar refractivity (Wildman–Crippen MR) is 108 cm³/mol. The molecule has 1 aromatic heterocycles. The Morgan fingerprint density at radius 3 is 2.50 bits per heavy atom. The lowest BCUT2D eigenvalue weighted by Crippen LogP contribution is -2.31. The first kappa shape index (κ1) is 20.6. The van der Waals surface area contributed by atoms with Gasteiger partial charge >= 0.3 is 0 Å². The lowest BCUT2D eigenvalue weighted by Gasteiger charge is -2.16. The summed E-state index contributed by atoms with van der Waals surface area (Å²) in [4.78, 5) is 35.2. The SMILES string of the molecule is CC(Oc1ccc([N+](=O)[O-])cc1)C(=O)Nc1ccccc1C(=O)NCc1ccco1. The zero-order chi connectivity index (χ0) is 21.5. The lowest BCUT2D eigenvalue weighted by molar-refractivity contribution is -0.384. The zero-order valence-electron chi connectivity index (χ0n) is 16.0. The molecule has 0 aliphatic rings. The van der Waals surface area contributed by atoms with Gasteiger partial charge in [-0.05, 0) is 43.3 Å². The largest absolute Gasteiger partial charge is 0.481 e. The average Bonchev–Trinajstić information content (AvgIpc) is 3.26. The van der Waals surface area contributed by atoms with Crippen LogP contribution in [0.1, 0.15) is 23.0 Å². The van der Waals surface area contributed by atoms with E-state index in [0.717, 1.165) is 0 Å². The summed E-state index contributed by atoms with van der Waals surface area (Å²) in [6, 6.07) is 15.5. The van der Waals surface area contributed by atoms with Crippen LogP contribution in [-0.2, 0) is 11.3 Å². The molecule has 0 saturated heterocycles. The number of rotatable bonds is 8. The number of ether oxygens (including phenoxy) is 1. The van der Waals surface area contributed by atoms with Crippen LogP contribution in [0.15, 0.2) is 71.3 Å². The van der Waals surface area contributed by atoms with Gasteiger partial charge in [0.15, 0.2) is 6.10 Å². The Hall–Kier alpha value is -4.14. The summed E-state index contributed by atoms with van der Waals surface area (Å²) in [7, 11) is 0. The van der Waals surface area contributed by atoms with Gasteiger partial charge in [0.1, 0.15) is 11.5 Å². The molecule has 3 aromatic rings. The summed E-state index contributed by atoms with van der Waals surface area (Å²) >= 11 is 0. The predicted octanol–water partition coefficient (Wildman–Crippen LogP) is 3.52. The molecule has 1 unspecified atom stereocenters. The summed E-state index contributed by atoms with van der Waals surface area (Å²) in [6.45, 7) is 1.75. The maximum atomic E-state index is 12.5. The second-order valence-corrected chi connectivity index (χ2v) is 6.31. The molecule has 30 heavy (non-hydrogen) atoms. The van der Waals surface area contributed by atoms with Crippen LogP contribution in [0, 0.1) is 10.1 Å². The Bertz CT molecular complexity index is 1030. The number of amides is 2. The van der Waals surface area contributed by atoms with E-state index in [1.165, 1.54) is 37.5 Å². The Balaban J connectivity index is 1.62. The third kappa shape index (κ3) is 5.22. The normalized spacial score (nSPS) is 11.4. The monoisotopic (exact) mass is 409 g/mol. The minimum atomic E-state index is -0.898. The first-order valence-electron chi connectivity index (χ1n) is 9.05. The van der Waals surface area contributed by atoms with E-state index in [4.69, 9.17) is 9.15 Å². The van der Waals surface area contributed by atoms with Crippen molar-refractivity contribution in [2.24, 2.45) is 0 Å². The van der Waals surface area contributed by atoms with Crippen molar-refractivity contribution in [1.82, 2.24) is 5.32 Å². The highest BCUT2D eigenvalue weighted by Gasteiger charge is 2.19. The van der Waals surface area contributed by atoms with Gasteiger partial charge < -0.3 is 19.8 Å². The number of furan rings is 1. The molecule has 0 aliphatic carbocycles. The van der Waals surface area contributed by atoms with Crippen LogP contribution >= 0.6 is 0 Å². The van der Waals surface area contributed by atoms with Gasteiger partial charge in [-0.1, -0.05) is 12.1 Å². The molecule has 2 amide bonds. The van der Waals surface area contributed by atoms with E-state index in [1.807, 2.05) is 0 Å². The van der Waals surface area contributed by atoms with Crippen LogP contribution < -0.4 is 15.4 Å². The van der Waals surface area contributed by atoms with Crippen molar-refractivity contribution in [2.75, 3.05) is 5.32 Å². The van der Waals surface area contributed by atoms with Crippen molar-refractivity contribution >= 4 is 23.2 Å². The molecular weight excluding hydrogens is 390 g/mol. The molecule has 1 heterocycles. The Kier molecular flexibility index (Phi) is 6.43. The van der Waals surface area contributed by atoms with Gasteiger partial charge in [-0.3, -0.25) is 19.7 Å². The number of para-hydroxylation sites is 1. The molecule has 0 saturated carbocycles. The summed E-state index contributed by atoms with van der Waals surface area (Å²) in [5.74, 6) is 0.0774. The van der Waals surface area contributed by atoms with Crippen LogP contribution in [0.2, 0.25) is 0 Å². The van der Waals surface area contributed by atoms with Crippen molar-refractivity contribution in [3.63, 3.8) is 0 Å². The Morgan fingerprint density at radius 2 is 1.83 bits per heavy atom. The molecule has 2 N–H and O–H groups in total. The van der Waals surface area contributed by atoms with E-state index in [0.29, 0.717) is 22.8 Å². The highest BCUT2D eigenvalue weighted by Crippen LogP contribution is 2.20. The van der Waals surface area contributed by atoms with Crippen molar-refractivity contribution in [2.45, 2.75) is 19.6 Å². The van der Waals surface area contributed by atoms with E-state index in [1.54, 1.807) is 36.4 Å². The van der Waals surface area contributed by atoms with E-state index in [9.17, 15) is 19.7 Å². The van der Waals surface area contributed by atoms with Gasteiger partial charge in [0, 0.05) is 12.1 Å². The molecule has 0 aliphatic heterocycles. The van der Waals surface area contributed by atoms with E-state index < -0.39 is 16.9 Å². The first-order valence-corrected chi connectivity index (χ1v) is 9.05. The van der Waals surface area contributed by atoms with Crippen LogP contribution in [0.3, 0.4) is 0 Å². The molecule has 1 atom stereocenters. The van der Waals surface area contributed by atoms with Gasteiger partial charge in [-0.25, -0.2) is 0 Å². The van der Waals surface area contributed by atoms with Gasteiger partial charge in [0.2, 0.25) is 0 Å². The molecule has 0 radical (unpaired) electrons. The summed E-state index contributed by atoms with van der Waals surface area (Å²) in [5, 5.41) is 16.1. The number of benzene rings is 2. The number of carbonyl (C=O) groups is 2. The topological polar surface area (TPSA) is 124 Å². The van der Waals surface area contributed by atoms with Gasteiger partial charge in [0.05, 0.1) is 29.0 Å². The highest BCUT2D eigenvalue weighted by atomic mass is 16.6. The first-order chi connectivity index (χ1) is 14.4. The standard InChI is InChI=1S/C21H19N3O6/c1-14(30-16-10-8-15(9-11-16)24(27)28)20(25)23-19-7-3-2-6-18(19)21(26)22-13-17-5-4-12-29-17/h2-12,14H,13H2,1H3,(H,22,26)(H,23,25). The third-order valence-electron chi connectivity index (χ3n) is 4.16. The molecule has 9 heteroatoms. The number of nitrogens with zero attached hydrogens (tertiary/aromatic N) is 1. The molecular formula is C21H19N3O6. The van der Waals surface area contributed by atoms with Crippen LogP contribution in [0.25, 0.3) is 0 Å². The molecule has 2 aromatic carbocycles. The number of nitro benzene ring substituents is 1. The number of hydrogen-bond acceptors (Lipinski definition) is 6. The zero-order valence-corrected chi connectivity index (χ0v) is 16.0. The van der Waals surface area contributed by atoms with Crippen LogP contribution in [0.4, 0.5) is 11.4 Å². The van der Waals surface area contributed by atoms with Crippen molar-refractivity contribution in [3.8, 4) is 5.75 Å². The number of anilines is 1. The maximum Gasteiger partial charge on any atom is 0.269 e. The quantitative estimate of drug-likeness (QED) is 0.433. The third-order valence-corrected chi connectivity index (χ3v) is 4.16. The number of non-ortho nitro benzene ring substituents is 1. The smallest absolute Gasteiger partial charge is 0.269 e. The molecule has 9 nitrogen and oxygen atoms in total. The lowest BCUT2D eigenvalue weighted by atomic mass is 10.1. The van der Waals surface area contributed by atoms with Crippen LogP contribution in [0.5, 0.6) is 5.75 Å². The molecule has 3 rings (SSSR count). The highest BCUT2D eigenvalue weighted by molar-refractivity contribution is 6.04. The fourth-order valence-electron chi connectivity index (χ4n) is 2.60. The van der Waals surface area contributed by atoms with E-state index in [-0.39, 0.29) is 18.1 Å². The maximum absolute atomic E-state index is 12.5. The van der Waals surface area contributed by atoms with Gasteiger partial charge in [-0.15, -0.1) is 0 Å². The number of nitrogens with one attached hydrogen (secondary N) is 2. The number of hydrogen-bond donors (Lipinski definition) is 2. The minimum absolute atomic E-state index is 0.0751. The summed E-state index contributed by atoms with van der Waals surface area (Å²) in [6.07, 6.45) is 0.618. The average molecular weight is 409 g/mol. The van der Waals surface area contributed by atoms with Crippen LogP contribution in [-0.4, -0.2) is 22.8 Å². The van der Waals surface area contributed by atoms with Crippen molar-refractivity contribution < 1.29 is 23.7 Å². The summed E-state index contributed by atoms with van der Waals surface area (Å²) in [5.41, 5.74) is 0.549. The van der Waals surface area contributed by atoms with Gasteiger partial charge in [-0.2, -0.15) is 0 Å². The number of nitro groups is 1. The molecule has 0 fully saturated rings. The fourth-order valence-corrected chi connectivity index (χ4v) is 2.60. The Labute approximate surface area is 171 Å². The Morgan fingerprint density at radius 1 is 1.10 bits per heavy atom. The fraction of sp³-hybridized carbons (Fsp3) is 0.143. The van der Waals surface area contributed by atoms with Gasteiger partial charge in [0.25, 0.3) is 17.5 Å². The second kappa shape index (κ2) is 9.37. The summed E-state index contributed by atoms with van der Waals surface area (Å²) < 4.78 is 10.7. The number of carbonyl (C=O) groups excluding carboxylic acids is 2. The molecule has 0 spiro atoms. The van der Waals surface area contributed by atoms with E-state index >= 15 is 0 Å². The van der Waals surface area contributed by atoms with E-state index in [2.05, 4.69) is 10.6 Å². The van der Waals surface area contributed by atoms with Crippen molar-refractivity contribution in [3.05, 3.63) is 88.4 Å².